The summed E-state index contributed by atoms with van der Waals surface area (Å²) in [6.45, 7) is 5.09. The van der Waals surface area contributed by atoms with Gasteiger partial charge in [-0.1, -0.05) is 99.5 Å². The molecule has 0 aromatic heterocycles. The fraction of sp³-hybridized carbons (Fsp3) is 0.467. The second kappa shape index (κ2) is 17.8. The number of ether oxygens (including phenoxy) is 2. The van der Waals surface area contributed by atoms with Crippen molar-refractivity contribution in [2.45, 2.75) is 107 Å². The van der Waals surface area contributed by atoms with E-state index in [9.17, 15) is 21.9 Å². The van der Waals surface area contributed by atoms with Crippen molar-refractivity contribution >= 4 is 31.8 Å². The lowest BCUT2D eigenvalue weighted by Crippen LogP contribution is -2.55. The molecule has 12 heteroatoms. The Hall–Kier alpha value is -3.39. The van der Waals surface area contributed by atoms with E-state index in [0.29, 0.717) is 44.8 Å². The van der Waals surface area contributed by atoms with Crippen LogP contribution in [0, 0.1) is 16.7 Å². The van der Waals surface area contributed by atoms with Crippen LogP contribution in [-0.2, 0) is 45.4 Å². The fourth-order valence-corrected chi connectivity index (χ4v) is 13.7. The number of hydrogen-bond donors (Lipinski definition) is 3. The molecule has 1 unspecified atom stereocenters. The van der Waals surface area contributed by atoms with Gasteiger partial charge in [0.25, 0.3) is 0 Å². The topological polar surface area (TPSA) is 131 Å². The van der Waals surface area contributed by atoms with Crippen molar-refractivity contribution in [1.82, 2.24) is 9.44 Å². The zero-order valence-electron chi connectivity index (χ0n) is 32.9. The number of rotatable bonds is 18. The van der Waals surface area contributed by atoms with Crippen LogP contribution < -0.4 is 18.9 Å². The molecular weight excluding hydrogens is 777 g/mol. The molecule has 0 aliphatic heterocycles. The molecule has 9 nitrogen and oxygen atoms in total. The van der Waals surface area contributed by atoms with Gasteiger partial charge in [-0.15, -0.1) is 0 Å². The van der Waals surface area contributed by atoms with Crippen LogP contribution in [0.1, 0.15) is 81.0 Å². The second-order valence-corrected chi connectivity index (χ2v) is 21.2. The predicted molar refractivity (Wildman–Crippen MR) is 227 cm³/mol. The Labute approximate surface area is 343 Å². The molecule has 57 heavy (non-hydrogen) atoms. The maximum Gasteiger partial charge on any atom is 0.240 e. The van der Waals surface area contributed by atoms with Crippen LogP contribution in [0.15, 0.2) is 108 Å². The Bertz CT molecular complexity index is 2110. The zero-order chi connectivity index (χ0) is 40.1. The Kier molecular flexibility index (Phi) is 13.1. The first-order chi connectivity index (χ1) is 27.3. The van der Waals surface area contributed by atoms with Gasteiger partial charge in [0.15, 0.2) is 0 Å². The van der Waals surface area contributed by atoms with Gasteiger partial charge in [-0.05, 0) is 102 Å². The molecule has 3 N–H and O–H groups in total. The number of thioether (sulfide) groups is 1. The van der Waals surface area contributed by atoms with E-state index < -0.39 is 43.6 Å². The Morgan fingerprint density at radius 3 is 1.84 bits per heavy atom. The third kappa shape index (κ3) is 10.1. The summed E-state index contributed by atoms with van der Waals surface area (Å²) in [4.78, 5) is 0.160. The number of fused-ring (bicyclic) bond motifs is 2. The van der Waals surface area contributed by atoms with Gasteiger partial charge in [-0.2, -0.15) is 11.8 Å². The van der Waals surface area contributed by atoms with E-state index in [2.05, 4.69) is 35.4 Å². The molecule has 3 saturated carbocycles. The first kappa shape index (κ1) is 41.8. The molecular formula is C45H56N2O7S3. The Balaban J connectivity index is 0.926. The first-order valence-electron chi connectivity index (χ1n) is 20.2. The number of aryl methyl sites for hydroxylation is 1. The largest absolute Gasteiger partial charge is 0.489 e. The van der Waals surface area contributed by atoms with Gasteiger partial charge in [0.05, 0.1) is 16.8 Å². The SMILES string of the molecule is CC1(C)[C@@H]2CC[C@@]1(CS(=O)(=O)N[C@@H]1CCCC[C@H]1NS(=O)(=O)c1ccc(CCSCc3cc(OCc4ccccc4)cc(OCc4ccccc4)c3)cc1)C(O)C2. The molecule has 3 aliphatic carbocycles. The molecule has 5 atom stereocenters. The van der Waals surface area contributed by atoms with Crippen LogP contribution in [-0.4, -0.2) is 51.6 Å². The minimum absolute atomic E-state index is 0.139. The van der Waals surface area contributed by atoms with Crippen molar-refractivity contribution in [1.29, 1.82) is 0 Å². The molecule has 7 rings (SSSR count). The first-order valence-corrected chi connectivity index (χ1v) is 24.5. The summed E-state index contributed by atoms with van der Waals surface area (Å²) in [7, 11) is -7.68. The molecule has 0 spiro atoms. The van der Waals surface area contributed by atoms with Crippen molar-refractivity contribution in [3.63, 3.8) is 0 Å². The van der Waals surface area contributed by atoms with E-state index in [4.69, 9.17) is 9.47 Å². The maximum atomic E-state index is 13.6. The van der Waals surface area contributed by atoms with Gasteiger partial charge in [0.1, 0.15) is 24.7 Å². The zero-order valence-corrected chi connectivity index (χ0v) is 35.4. The summed E-state index contributed by atoms with van der Waals surface area (Å²) >= 11 is 1.79. The van der Waals surface area contributed by atoms with Gasteiger partial charge >= 0.3 is 0 Å². The number of nitrogens with one attached hydrogen (secondary N) is 2. The molecule has 4 aromatic carbocycles. The van der Waals surface area contributed by atoms with Crippen LogP contribution in [0.25, 0.3) is 0 Å². The molecule has 0 saturated heterocycles. The molecule has 2 bridgehead atoms. The molecule has 306 valence electrons. The van der Waals surface area contributed by atoms with Crippen molar-refractivity contribution in [3.8, 4) is 11.5 Å². The number of sulfonamides is 2. The van der Waals surface area contributed by atoms with Crippen molar-refractivity contribution < 1.29 is 31.4 Å². The smallest absolute Gasteiger partial charge is 0.240 e. The van der Waals surface area contributed by atoms with Crippen LogP contribution >= 0.6 is 11.8 Å². The number of aliphatic hydroxyl groups is 1. The van der Waals surface area contributed by atoms with E-state index in [1.165, 1.54) is 0 Å². The third-order valence-corrected chi connectivity index (χ3v) is 16.8. The summed E-state index contributed by atoms with van der Waals surface area (Å²) in [6.07, 6.45) is 5.10. The van der Waals surface area contributed by atoms with Gasteiger partial charge in [-0.3, -0.25) is 0 Å². The average Bonchev–Trinajstić information content (AvgIpc) is 3.54. The standard InChI is InChI=1S/C45H56N2O7S3/c1-44(2)37-21-23-45(44,43(48)27-37)32-56(49,50)46-41-15-9-10-16-42(41)47-57(51,52)40-19-17-33(18-20-40)22-24-55-31-36-25-38(53-29-34-11-5-3-6-12-34)28-39(26-36)54-30-35-13-7-4-8-14-35/h3-8,11-14,17-20,25-26,28,37,41-43,46-48H,9-10,15-16,21-24,27,29-32H2,1-2H3/t37-,41-,42-,43?,45-/m1/s1. The lowest BCUT2D eigenvalue weighted by atomic mass is 9.70. The lowest BCUT2D eigenvalue weighted by molar-refractivity contribution is 0.0151. The molecule has 3 fully saturated rings. The quantitative estimate of drug-likeness (QED) is 0.0861. The normalized spacial score (nSPS) is 24.3. The monoisotopic (exact) mass is 832 g/mol. The van der Waals surface area contributed by atoms with Gasteiger partial charge < -0.3 is 14.6 Å². The number of aliphatic hydroxyl groups excluding tert-OH is 1. The highest BCUT2D eigenvalue weighted by molar-refractivity contribution is 7.98. The highest BCUT2D eigenvalue weighted by atomic mass is 32.2. The highest BCUT2D eigenvalue weighted by Crippen LogP contribution is 2.66. The Morgan fingerprint density at radius 2 is 1.30 bits per heavy atom. The van der Waals surface area contributed by atoms with Crippen LogP contribution in [0.5, 0.6) is 11.5 Å². The van der Waals surface area contributed by atoms with Crippen molar-refractivity contribution in [3.05, 3.63) is 125 Å². The highest BCUT2D eigenvalue weighted by Gasteiger charge is 2.65. The van der Waals surface area contributed by atoms with Crippen LogP contribution in [0.4, 0.5) is 0 Å². The summed E-state index contributed by atoms with van der Waals surface area (Å²) in [5, 5.41) is 11.0. The summed E-state index contributed by atoms with van der Waals surface area (Å²) in [6, 6.07) is 32.1. The molecule has 4 aromatic rings. The molecule has 0 amide bonds. The maximum absolute atomic E-state index is 13.6. The van der Waals surface area contributed by atoms with E-state index in [1.54, 1.807) is 23.9 Å². The van der Waals surface area contributed by atoms with Crippen molar-refractivity contribution in [2.24, 2.45) is 16.7 Å². The van der Waals surface area contributed by atoms with E-state index in [-0.39, 0.29) is 16.1 Å². The third-order valence-electron chi connectivity index (χ3n) is 12.7. The van der Waals surface area contributed by atoms with Gasteiger partial charge in [0, 0.05) is 29.3 Å². The van der Waals surface area contributed by atoms with E-state index in [1.807, 2.05) is 78.9 Å². The summed E-state index contributed by atoms with van der Waals surface area (Å²) < 4.78 is 72.6. The molecule has 0 heterocycles. The van der Waals surface area contributed by atoms with Crippen LogP contribution in [0.2, 0.25) is 0 Å². The van der Waals surface area contributed by atoms with Gasteiger partial charge in [0.2, 0.25) is 20.0 Å². The summed E-state index contributed by atoms with van der Waals surface area (Å²) in [5.74, 6) is 3.27. The fourth-order valence-electron chi connectivity index (χ4n) is 9.25. The molecule has 0 radical (unpaired) electrons. The van der Waals surface area contributed by atoms with Gasteiger partial charge in [-0.25, -0.2) is 26.3 Å². The minimum atomic E-state index is -3.89. The Morgan fingerprint density at radius 1 is 0.719 bits per heavy atom. The second-order valence-electron chi connectivity index (χ2n) is 16.7. The summed E-state index contributed by atoms with van der Waals surface area (Å²) in [5.41, 5.74) is 3.35. The average molecular weight is 833 g/mol. The number of benzene rings is 4. The predicted octanol–water partition coefficient (Wildman–Crippen LogP) is 8.02. The minimum Gasteiger partial charge on any atom is -0.489 e. The number of hydrogen-bond acceptors (Lipinski definition) is 8. The lowest BCUT2D eigenvalue weighted by Gasteiger charge is -2.41. The molecule has 3 aliphatic rings. The van der Waals surface area contributed by atoms with Crippen molar-refractivity contribution in [2.75, 3.05) is 11.5 Å². The van der Waals surface area contributed by atoms with E-state index in [0.717, 1.165) is 70.9 Å². The van der Waals surface area contributed by atoms with Crippen LogP contribution in [0.3, 0.4) is 0 Å². The van der Waals surface area contributed by atoms with E-state index >= 15 is 0 Å².